The van der Waals surface area contributed by atoms with Crippen molar-refractivity contribution < 1.29 is 14.7 Å². The van der Waals surface area contributed by atoms with Gasteiger partial charge in [-0.15, -0.1) is 0 Å². The van der Waals surface area contributed by atoms with E-state index < -0.39 is 17.4 Å². The molecule has 0 radical (unpaired) electrons. The van der Waals surface area contributed by atoms with Crippen LogP contribution in [-0.4, -0.2) is 27.9 Å². The highest BCUT2D eigenvalue weighted by Crippen LogP contribution is 2.21. The van der Waals surface area contributed by atoms with Gasteiger partial charge in [-0.05, 0) is 12.5 Å². The SMILES string of the molecule is CC(C(=O)O)N(Cc1ccccc1)C(=O)C(C)(C)C. The number of carboxylic acid groups (broad SMARTS) is 1. The summed E-state index contributed by atoms with van der Waals surface area (Å²) in [6.45, 7) is 7.23. The molecular formula is C15H21NO3. The molecule has 0 heterocycles. The van der Waals surface area contributed by atoms with Gasteiger partial charge in [-0.2, -0.15) is 0 Å². The summed E-state index contributed by atoms with van der Waals surface area (Å²) < 4.78 is 0. The summed E-state index contributed by atoms with van der Waals surface area (Å²) >= 11 is 0. The van der Waals surface area contributed by atoms with Crippen LogP contribution in [0.2, 0.25) is 0 Å². The maximum Gasteiger partial charge on any atom is 0.326 e. The second kappa shape index (κ2) is 5.87. The second-order valence-corrected chi connectivity index (χ2v) is 5.68. The van der Waals surface area contributed by atoms with E-state index in [4.69, 9.17) is 5.11 Å². The zero-order valence-electron chi connectivity index (χ0n) is 11.9. The van der Waals surface area contributed by atoms with Crippen LogP contribution in [0.25, 0.3) is 0 Å². The Kier molecular flexibility index (Phi) is 4.70. The predicted molar refractivity (Wildman–Crippen MR) is 73.5 cm³/mol. The summed E-state index contributed by atoms with van der Waals surface area (Å²) in [5.41, 5.74) is 0.326. The first-order chi connectivity index (χ1) is 8.73. The lowest BCUT2D eigenvalue weighted by Crippen LogP contribution is -2.47. The van der Waals surface area contributed by atoms with Crippen LogP contribution in [0.4, 0.5) is 0 Å². The van der Waals surface area contributed by atoms with Crippen molar-refractivity contribution in [2.24, 2.45) is 5.41 Å². The Morgan fingerprint density at radius 3 is 2.16 bits per heavy atom. The molecule has 1 unspecified atom stereocenters. The highest BCUT2D eigenvalue weighted by molar-refractivity contribution is 5.86. The number of rotatable bonds is 4. The minimum atomic E-state index is -0.992. The van der Waals surface area contributed by atoms with Crippen molar-refractivity contribution >= 4 is 11.9 Å². The van der Waals surface area contributed by atoms with Crippen molar-refractivity contribution in [2.75, 3.05) is 0 Å². The lowest BCUT2D eigenvalue weighted by atomic mass is 9.93. The third-order valence-electron chi connectivity index (χ3n) is 2.92. The Morgan fingerprint density at radius 2 is 1.74 bits per heavy atom. The second-order valence-electron chi connectivity index (χ2n) is 5.68. The molecule has 1 amide bonds. The van der Waals surface area contributed by atoms with E-state index in [1.54, 1.807) is 20.8 Å². The normalized spacial score (nSPS) is 12.8. The number of carbonyl (C=O) groups is 2. The average molecular weight is 263 g/mol. The molecule has 1 N–H and O–H groups in total. The molecule has 4 nitrogen and oxygen atoms in total. The van der Waals surface area contributed by atoms with Crippen LogP contribution in [0.5, 0.6) is 0 Å². The molecule has 0 aliphatic rings. The van der Waals surface area contributed by atoms with E-state index in [0.29, 0.717) is 6.54 Å². The molecule has 1 aromatic rings. The molecule has 0 aliphatic heterocycles. The molecule has 104 valence electrons. The van der Waals surface area contributed by atoms with Crippen LogP contribution in [0.3, 0.4) is 0 Å². The fourth-order valence-corrected chi connectivity index (χ4v) is 1.73. The number of benzene rings is 1. The van der Waals surface area contributed by atoms with Crippen molar-refractivity contribution in [3.05, 3.63) is 35.9 Å². The zero-order chi connectivity index (χ0) is 14.6. The lowest BCUT2D eigenvalue weighted by Gasteiger charge is -2.32. The van der Waals surface area contributed by atoms with Crippen LogP contribution in [-0.2, 0) is 16.1 Å². The van der Waals surface area contributed by atoms with Crippen LogP contribution >= 0.6 is 0 Å². The number of aliphatic carboxylic acids is 1. The first-order valence-electron chi connectivity index (χ1n) is 6.31. The fraction of sp³-hybridized carbons (Fsp3) is 0.467. The Labute approximate surface area is 114 Å². The molecule has 0 aromatic heterocycles. The minimum Gasteiger partial charge on any atom is -0.480 e. The Hall–Kier alpha value is -1.84. The molecule has 1 atom stereocenters. The molecule has 0 saturated carbocycles. The van der Waals surface area contributed by atoms with Gasteiger partial charge >= 0.3 is 5.97 Å². The summed E-state index contributed by atoms with van der Waals surface area (Å²) in [7, 11) is 0. The largest absolute Gasteiger partial charge is 0.480 e. The molecule has 0 fully saturated rings. The van der Waals surface area contributed by atoms with Gasteiger partial charge in [0, 0.05) is 12.0 Å². The van der Waals surface area contributed by atoms with Crippen molar-refractivity contribution in [1.29, 1.82) is 0 Å². The van der Waals surface area contributed by atoms with Gasteiger partial charge in [0.1, 0.15) is 6.04 Å². The minimum absolute atomic E-state index is 0.161. The number of carbonyl (C=O) groups excluding carboxylic acids is 1. The number of amides is 1. The molecule has 0 aliphatic carbocycles. The van der Waals surface area contributed by atoms with E-state index >= 15 is 0 Å². The Morgan fingerprint density at radius 1 is 1.21 bits per heavy atom. The Bertz CT molecular complexity index is 448. The van der Waals surface area contributed by atoms with Gasteiger partial charge in [-0.3, -0.25) is 4.79 Å². The molecule has 1 rings (SSSR count). The fourth-order valence-electron chi connectivity index (χ4n) is 1.73. The van der Waals surface area contributed by atoms with Crippen molar-refractivity contribution in [3.8, 4) is 0 Å². The van der Waals surface area contributed by atoms with Crippen molar-refractivity contribution in [3.63, 3.8) is 0 Å². The maximum absolute atomic E-state index is 12.4. The monoisotopic (exact) mass is 263 g/mol. The predicted octanol–water partition coefficient (Wildman–Crippen LogP) is 2.53. The molecule has 0 bridgehead atoms. The van der Waals surface area contributed by atoms with Crippen LogP contribution in [0.15, 0.2) is 30.3 Å². The van der Waals surface area contributed by atoms with Crippen LogP contribution < -0.4 is 0 Å². The summed E-state index contributed by atoms with van der Waals surface area (Å²) in [6, 6.07) is 8.57. The molecule has 4 heteroatoms. The van der Waals surface area contributed by atoms with E-state index in [9.17, 15) is 9.59 Å². The van der Waals surface area contributed by atoms with E-state index in [-0.39, 0.29) is 5.91 Å². The van der Waals surface area contributed by atoms with Gasteiger partial charge in [0.05, 0.1) is 0 Å². The third kappa shape index (κ3) is 4.09. The highest BCUT2D eigenvalue weighted by atomic mass is 16.4. The zero-order valence-corrected chi connectivity index (χ0v) is 11.9. The van der Waals surface area contributed by atoms with Crippen molar-refractivity contribution in [1.82, 2.24) is 4.90 Å². The summed E-state index contributed by atoms with van der Waals surface area (Å²) in [6.07, 6.45) is 0. The van der Waals surface area contributed by atoms with Gasteiger partial charge in [0.25, 0.3) is 0 Å². The van der Waals surface area contributed by atoms with Crippen LogP contribution in [0.1, 0.15) is 33.3 Å². The highest BCUT2D eigenvalue weighted by Gasteiger charge is 2.33. The van der Waals surface area contributed by atoms with E-state index in [1.807, 2.05) is 30.3 Å². The number of carboxylic acids is 1. The smallest absolute Gasteiger partial charge is 0.326 e. The summed E-state index contributed by atoms with van der Waals surface area (Å²) in [5, 5.41) is 9.15. The lowest BCUT2D eigenvalue weighted by molar-refractivity contribution is -0.153. The van der Waals surface area contributed by atoms with E-state index in [1.165, 1.54) is 11.8 Å². The van der Waals surface area contributed by atoms with Gasteiger partial charge in [0.15, 0.2) is 0 Å². The average Bonchev–Trinajstić information content (AvgIpc) is 2.34. The topological polar surface area (TPSA) is 57.6 Å². The van der Waals surface area contributed by atoms with Gasteiger partial charge in [-0.1, -0.05) is 51.1 Å². The first-order valence-corrected chi connectivity index (χ1v) is 6.31. The van der Waals surface area contributed by atoms with E-state index in [0.717, 1.165) is 5.56 Å². The third-order valence-corrected chi connectivity index (χ3v) is 2.92. The molecular weight excluding hydrogens is 242 g/mol. The van der Waals surface area contributed by atoms with E-state index in [2.05, 4.69) is 0 Å². The molecule has 1 aromatic carbocycles. The summed E-state index contributed by atoms with van der Waals surface area (Å²) in [4.78, 5) is 25.0. The maximum atomic E-state index is 12.4. The number of hydrogen-bond donors (Lipinski definition) is 1. The first kappa shape index (κ1) is 15.2. The number of nitrogens with zero attached hydrogens (tertiary/aromatic N) is 1. The number of hydrogen-bond acceptors (Lipinski definition) is 2. The van der Waals surface area contributed by atoms with Gasteiger partial charge < -0.3 is 10.0 Å². The Balaban J connectivity index is 3.00. The van der Waals surface area contributed by atoms with Gasteiger partial charge in [0.2, 0.25) is 5.91 Å². The quantitative estimate of drug-likeness (QED) is 0.908. The van der Waals surface area contributed by atoms with Crippen molar-refractivity contribution in [2.45, 2.75) is 40.3 Å². The molecule has 19 heavy (non-hydrogen) atoms. The molecule has 0 saturated heterocycles. The summed E-state index contributed by atoms with van der Waals surface area (Å²) in [5.74, 6) is -1.15. The molecule has 0 spiro atoms. The standard InChI is InChI=1S/C15H21NO3/c1-11(13(17)18)16(14(19)15(2,3)4)10-12-8-6-5-7-9-12/h5-9,11H,10H2,1-4H3,(H,17,18). The van der Waals surface area contributed by atoms with Gasteiger partial charge in [-0.25, -0.2) is 4.79 Å². The van der Waals surface area contributed by atoms with Crippen LogP contribution in [0, 0.1) is 5.41 Å².